The molecule has 7 heteroatoms. The molecule has 0 bridgehead atoms. The van der Waals surface area contributed by atoms with Crippen LogP contribution in [0.5, 0.6) is 5.75 Å². The largest absolute Gasteiger partial charge is 0.482 e. The highest BCUT2D eigenvalue weighted by molar-refractivity contribution is 6.42. The SMILES string of the molecule is Cc1ccccc1NC(=O)COc1ccc(CNc2ccc(Cl)c(Cl)c2)cc1Cl. The molecule has 2 N–H and O–H groups in total. The Morgan fingerprint density at radius 1 is 0.931 bits per heavy atom. The van der Waals surface area contributed by atoms with Gasteiger partial charge in [-0.3, -0.25) is 4.79 Å². The molecule has 3 aromatic carbocycles. The Bertz CT molecular complexity index is 1020. The van der Waals surface area contributed by atoms with Crippen molar-refractivity contribution in [2.45, 2.75) is 13.5 Å². The van der Waals surface area contributed by atoms with E-state index in [2.05, 4.69) is 10.6 Å². The third-order valence-corrected chi connectivity index (χ3v) is 5.22. The fourth-order valence-electron chi connectivity index (χ4n) is 2.62. The number of anilines is 2. The van der Waals surface area contributed by atoms with Crippen LogP contribution < -0.4 is 15.4 Å². The van der Waals surface area contributed by atoms with Gasteiger partial charge in [-0.2, -0.15) is 0 Å². The maximum absolute atomic E-state index is 12.1. The predicted molar refractivity (Wildman–Crippen MR) is 121 cm³/mol. The number of carbonyl (C=O) groups excluding carboxylic acids is 1. The molecule has 4 nitrogen and oxygen atoms in total. The highest BCUT2D eigenvalue weighted by Crippen LogP contribution is 2.27. The van der Waals surface area contributed by atoms with Crippen LogP contribution in [0.2, 0.25) is 15.1 Å². The summed E-state index contributed by atoms with van der Waals surface area (Å²) in [4.78, 5) is 12.1. The maximum Gasteiger partial charge on any atom is 0.262 e. The van der Waals surface area contributed by atoms with Crippen LogP contribution in [0, 0.1) is 6.92 Å². The fraction of sp³-hybridized carbons (Fsp3) is 0.136. The van der Waals surface area contributed by atoms with Gasteiger partial charge in [-0.1, -0.05) is 59.1 Å². The van der Waals surface area contributed by atoms with E-state index in [-0.39, 0.29) is 12.5 Å². The molecule has 0 aliphatic rings. The number of halogens is 3. The van der Waals surface area contributed by atoms with Crippen LogP contribution in [0.3, 0.4) is 0 Å². The van der Waals surface area contributed by atoms with Gasteiger partial charge in [-0.15, -0.1) is 0 Å². The minimum absolute atomic E-state index is 0.130. The van der Waals surface area contributed by atoms with Crippen LogP contribution >= 0.6 is 34.8 Å². The van der Waals surface area contributed by atoms with Crippen molar-refractivity contribution in [3.05, 3.63) is 86.9 Å². The maximum atomic E-state index is 12.1. The minimum Gasteiger partial charge on any atom is -0.482 e. The molecule has 0 aliphatic carbocycles. The van der Waals surface area contributed by atoms with Crippen molar-refractivity contribution < 1.29 is 9.53 Å². The zero-order valence-corrected chi connectivity index (χ0v) is 17.9. The van der Waals surface area contributed by atoms with E-state index in [9.17, 15) is 4.79 Å². The Morgan fingerprint density at radius 3 is 2.45 bits per heavy atom. The van der Waals surface area contributed by atoms with Gasteiger partial charge in [0, 0.05) is 17.9 Å². The molecule has 0 unspecified atom stereocenters. The van der Waals surface area contributed by atoms with Crippen LogP contribution in [0.1, 0.15) is 11.1 Å². The Hall–Kier alpha value is -2.40. The van der Waals surface area contributed by atoms with Crippen molar-refractivity contribution in [2.24, 2.45) is 0 Å². The van der Waals surface area contributed by atoms with E-state index >= 15 is 0 Å². The summed E-state index contributed by atoms with van der Waals surface area (Å²) in [6.45, 7) is 2.35. The van der Waals surface area contributed by atoms with Gasteiger partial charge in [0.2, 0.25) is 0 Å². The standard InChI is InChI=1S/C22H19Cl3N2O2/c1-14-4-2-3-5-20(14)27-22(28)13-29-21-9-6-15(10-19(21)25)12-26-16-7-8-17(23)18(24)11-16/h2-11,26H,12-13H2,1H3,(H,27,28). The molecule has 0 aromatic heterocycles. The third-order valence-electron chi connectivity index (χ3n) is 4.19. The van der Waals surface area contributed by atoms with Crippen LogP contribution in [-0.2, 0) is 11.3 Å². The molecule has 0 fully saturated rings. The van der Waals surface area contributed by atoms with Crippen LogP contribution in [0.15, 0.2) is 60.7 Å². The van der Waals surface area contributed by atoms with E-state index in [0.717, 1.165) is 22.5 Å². The number of hydrogen-bond acceptors (Lipinski definition) is 3. The van der Waals surface area contributed by atoms with E-state index in [1.807, 2.05) is 43.3 Å². The summed E-state index contributed by atoms with van der Waals surface area (Å²) in [5, 5.41) is 7.50. The number of aryl methyl sites for hydroxylation is 1. The van der Waals surface area contributed by atoms with Gasteiger partial charge in [0.15, 0.2) is 6.61 Å². The quantitative estimate of drug-likeness (QED) is 0.428. The highest BCUT2D eigenvalue weighted by atomic mass is 35.5. The summed E-state index contributed by atoms with van der Waals surface area (Å²) < 4.78 is 5.56. The number of nitrogens with one attached hydrogen (secondary N) is 2. The van der Waals surface area contributed by atoms with Gasteiger partial charge >= 0.3 is 0 Å². The van der Waals surface area contributed by atoms with E-state index in [0.29, 0.717) is 27.4 Å². The smallest absolute Gasteiger partial charge is 0.262 e. The molecular weight excluding hydrogens is 431 g/mol. The Labute approximate surface area is 184 Å². The molecule has 150 valence electrons. The van der Waals surface area contributed by atoms with Gasteiger partial charge in [-0.05, 0) is 54.4 Å². The molecule has 3 rings (SSSR count). The molecule has 0 saturated heterocycles. The van der Waals surface area contributed by atoms with Gasteiger partial charge in [0.1, 0.15) is 5.75 Å². The molecule has 0 heterocycles. The molecule has 3 aromatic rings. The normalized spacial score (nSPS) is 10.5. The topological polar surface area (TPSA) is 50.4 Å². The van der Waals surface area contributed by atoms with E-state index in [1.54, 1.807) is 24.3 Å². The molecule has 0 aliphatic heterocycles. The van der Waals surface area contributed by atoms with Crippen molar-refractivity contribution in [3.8, 4) is 5.75 Å². The number of hydrogen-bond donors (Lipinski definition) is 2. The molecule has 0 radical (unpaired) electrons. The number of rotatable bonds is 7. The third kappa shape index (κ3) is 6.04. The zero-order valence-electron chi connectivity index (χ0n) is 15.6. The van der Waals surface area contributed by atoms with Gasteiger partial charge in [0.05, 0.1) is 15.1 Å². The lowest BCUT2D eigenvalue weighted by Crippen LogP contribution is -2.20. The van der Waals surface area contributed by atoms with Gasteiger partial charge < -0.3 is 15.4 Å². The molecule has 29 heavy (non-hydrogen) atoms. The summed E-state index contributed by atoms with van der Waals surface area (Å²) >= 11 is 18.2. The minimum atomic E-state index is -0.249. The van der Waals surface area contributed by atoms with Crippen molar-refractivity contribution in [3.63, 3.8) is 0 Å². The Balaban J connectivity index is 1.54. The van der Waals surface area contributed by atoms with Crippen LogP contribution in [-0.4, -0.2) is 12.5 Å². The number of para-hydroxylation sites is 1. The van der Waals surface area contributed by atoms with Crippen molar-refractivity contribution in [1.29, 1.82) is 0 Å². The number of carbonyl (C=O) groups is 1. The fourth-order valence-corrected chi connectivity index (χ4v) is 3.18. The highest BCUT2D eigenvalue weighted by Gasteiger charge is 2.09. The number of benzene rings is 3. The predicted octanol–water partition coefficient (Wildman–Crippen LogP) is 6.58. The lowest BCUT2D eigenvalue weighted by atomic mass is 10.2. The molecular formula is C22H19Cl3N2O2. The summed E-state index contributed by atoms with van der Waals surface area (Å²) in [7, 11) is 0. The molecule has 0 saturated carbocycles. The second-order valence-electron chi connectivity index (χ2n) is 6.40. The lowest BCUT2D eigenvalue weighted by molar-refractivity contribution is -0.118. The van der Waals surface area contributed by atoms with E-state index < -0.39 is 0 Å². The first-order chi connectivity index (χ1) is 13.9. The van der Waals surface area contributed by atoms with Crippen LogP contribution in [0.4, 0.5) is 11.4 Å². The van der Waals surface area contributed by atoms with E-state index in [1.165, 1.54) is 0 Å². The summed E-state index contributed by atoms with van der Waals surface area (Å²) in [5.74, 6) is 0.200. The van der Waals surface area contributed by atoms with Crippen molar-refractivity contribution >= 4 is 52.1 Å². The van der Waals surface area contributed by atoms with Crippen molar-refractivity contribution in [2.75, 3.05) is 17.2 Å². The van der Waals surface area contributed by atoms with Gasteiger partial charge in [0.25, 0.3) is 5.91 Å². The lowest BCUT2D eigenvalue weighted by Gasteiger charge is -2.12. The number of ether oxygens (including phenoxy) is 1. The number of amides is 1. The first-order valence-corrected chi connectivity index (χ1v) is 10.0. The average Bonchev–Trinajstić information content (AvgIpc) is 2.70. The first-order valence-electron chi connectivity index (χ1n) is 8.88. The van der Waals surface area contributed by atoms with Crippen LogP contribution in [0.25, 0.3) is 0 Å². The average molecular weight is 450 g/mol. The summed E-state index contributed by atoms with van der Waals surface area (Å²) in [6, 6.07) is 18.3. The van der Waals surface area contributed by atoms with Gasteiger partial charge in [-0.25, -0.2) is 0 Å². The zero-order chi connectivity index (χ0) is 20.8. The molecule has 0 atom stereocenters. The second-order valence-corrected chi connectivity index (χ2v) is 7.62. The second kappa shape index (κ2) is 9.88. The first kappa shape index (κ1) is 21.3. The summed E-state index contributed by atoms with van der Waals surface area (Å²) in [5.41, 5.74) is 3.55. The summed E-state index contributed by atoms with van der Waals surface area (Å²) in [6.07, 6.45) is 0. The van der Waals surface area contributed by atoms with Crippen molar-refractivity contribution in [1.82, 2.24) is 0 Å². The molecule has 0 spiro atoms. The van der Waals surface area contributed by atoms with E-state index in [4.69, 9.17) is 39.5 Å². The Morgan fingerprint density at radius 2 is 1.72 bits per heavy atom. The monoisotopic (exact) mass is 448 g/mol. The Kier molecular flexibility index (Phi) is 7.26. The molecule has 1 amide bonds.